The van der Waals surface area contributed by atoms with E-state index in [2.05, 4.69) is 4.98 Å². The lowest BCUT2D eigenvalue weighted by molar-refractivity contribution is -0.0936. The molecular weight excluding hydrogens is 379 g/mol. The molecule has 9 heteroatoms. The normalized spacial score (nSPS) is 15.2. The number of carbonyl (C=O) groups excluding carboxylic acids is 1. The lowest BCUT2D eigenvalue weighted by Crippen LogP contribution is -2.45. The standard InChI is InChI=1S/C20H21FN4O4/c1-3-29-20(27)14-11-23(2)19-13(18(14)26)8-12-9-15(21)17(10-16(12)22-19)24-4-6-25(28)7-5-24/h8-11,28H,3-7H2,1-2H3. The van der Waals surface area contributed by atoms with Gasteiger partial charge in [-0.05, 0) is 25.1 Å². The molecule has 0 radical (unpaired) electrons. The minimum Gasteiger partial charge on any atom is -0.462 e. The largest absolute Gasteiger partial charge is 0.462 e. The molecule has 1 N–H and O–H groups in total. The van der Waals surface area contributed by atoms with Crippen LogP contribution in [-0.2, 0) is 11.8 Å². The molecule has 1 aromatic carbocycles. The highest BCUT2D eigenvalue weighted by Gasteiger charge is 2.21. The zero-order valence-corrected chi connectivity index (χ0v) is 16.2. The molecule has 1 fully saturated rings. The van der Waals surface area contributed by atoms with Crippen LogP contribution in [0, 0.1) is 5.82 Å². The van der Waals surface area contributed by atoms with Crippen molar-refractivity contribution in [2.45, 2.75) is 6.92 Å². The molecule has 1 aliphatic rings. The number of aryl methyl sites for hydroxylation is 1. The van der Waals surface area contributed by atoms with E-state index >= 15 is 0 Å². The maximum absolute atomic E-state index is 14.8. The Kier molecular flexibility index (Phi) is 4.93. The lowest BCUT2D eigenvalue weighted by Gasteiger charge is -2.33. The summed E-state index contributed by atoms with van der Waals surface area (Å²) in [5.74, 6) is -1.12. The number of rotatable bonds is 3. The molecule has 0 spiro atoms. The van der Waals surface area contributed by atoms with Crippen LogP contribution in [0.1, 0.15) is 17.3 Å². The Labute approximate surface area is 165 Å². The summed E-state index contributed by atoms with van der Waals surface area (Å²) in [5.41, 5.74) is 0.773. The molecule has 3 aromatic rings. The van der Waals surface area contributed by atoms with Gasteiger partial charge in [-0.2, -0.15) is 5.06 Å². The predicted octanol–water partition coefficient (Wildman–Crippen LogP) is 1.91. The first-order valence-electron chi connectivity index (χ1n) is 9.38. The zero-order valence-electron chi connectivity index (χ0n) is 16.2. The number of carbonyl (C=O) groups is 1. The molecule has 2 aromatic heterocycles. The highest BCUT2D eigenvalue weighted by Crippen LogP contribution is 2.27. The van der Waals surface area contributed by atoms with Crippen LogP contribution in [0.5, 0.6) is 0 Å². The fourth-order valence-corrected chi connectivity index (χ4v) is 3.60. The van der Waals surface area contributed by atoms with Gasteiger partial charge in [0.15, 0.2) is 0 Å². The summed E-state index contributed by atoms with van der Waals surface area (Å²) in [6, 6.07) is 4.56. The molecule has 0 bridgehead atoms. The van der Waals surface area contributed by atoms with Gasteiger partial charge in [0.25, 0.3) is 0 Å². The van der Waals surface area contributed by atoms with E-state index in [9.17, 15) is 19.2 Å². The van der Waals surface area contributed by atoms with E-state index in [-0.39, 0.29) is 17.6 Å². The van der Waals surface area contributed by atoms with Crippen LogP contribution in [0.3, 0.4) is 0 Å². The number of halogens is 1. The summed E-state index contributed by atoms with van der Waals surface area (Å²) >= 11 is 0. The van der Waals surface area contributed by atoms with Gasteiger partial charge in [-0.3, -0.25) is 4.79 Å². The van der Waals surface area contributed by atoms with Crippen molar-refractivity contribution in [2.75, 3.05) is 37.7 Å². The molecule has 0 aliphatic carbocycles. The molecule has 0 unspecified atom stereocenters. The SMILES string of the molecule is CCOC(=O)c1cn(C)c2nc3cc(N4CCN(O)CC4)c(F)cc3cc2c1=O. The van der Waals surface area contributed by atoms with E-state index < -0.39 is 17.2 Å². The maximum atomic E-state index is 14.8. The zero-order chi connectivity index (χ0) is 20.7. The van der Waals surface area contributed by atoms with E-state index in [0.717, 1.165) is 0 Å². The molecule has 0 amide bonds. The van der Waals surface area contributed by atoms with Gasteiger partial charge in [0.2, 0.25) is 5.43 Å². The Morgan fingerprint density at radius 1 is 1.24 bits per heavy atom. The first-order valence-corrected chi connectivity index (χ1v) is 9.38. The van der Waals surface area contributed by atoms with Crippen molar-refractivity contribution in [2.24, 2.45) is 7.05 Å². The summed E-state index contributed by atoms with van der Waals surface area (Å²) in [7, 11) is 1.69. The molecule has 8 nitrogen and oxygen atoms in total. The first kappa shape index (κ1) is 19.3. The number of hydrogen-bond acceptors (Lipinski definition) is 7. The number of pyridine rings is 2. The summed E-state index contributed by atoms with van der Waals surface area (Å²) in [5, 5.41) is 11.4. The van der Waals surface area contributed by atoms with Crippen molar-refractivity contribution in [3.8, 4) is 0 Å². The van der Waals surface area contributed by atoms with Crippen molar-refractivity contribution < 1.29 is 19.1 Å². The fourth-order valence-electron chi connectivity index (χ4n) is 3.60. The van der Waals surface area contributed by atoms with Gasteiger partial charge in [0.1, 0.15) is 17.0 Å². The fraction of sp³-hybridized carbons (Fsp3) is 0.350. The third-order valence-electron chi connectivity index (χ3n) is 5.10. The van der Waals surface area contributed by atoms with Crippen molar-refractivity contribution in [3.05, 3.63) is 46.0 Å². The second-order valence-electron chi connectivity index (χ2n) is 7.00. The molecule has 0 saturated carbocycles. The number of ether oxygens (including phenoxy) is 1. The molecule has 1 aliphatic heterocycles. The number of benzene rings is 1. The number of fused-ring (bicyclic) bond motifs is 2. The van der Waals surface area contributed by atoms with E-state index in [1.54, 1.807) is 30.7 Å². The minimum absolute atomic E-state index is 0.0815. The van der Waals surface area contributed by atoms with Crippen molar-refractivity contribution in [1.29, 1.82) is 0 Å². The Bertz CT molecular complexity index is 1170. The summed E-state index contributed by atoms with van der Waals surface area (Å²) in [6.07, 6.45) is 1.41. The Morgan fingerprint density at radius 2 is 1.97 bits per heavy atom. The highest BCUT2D eigenvalue weighted by molar-refractivity contribution is 5.97. The molecule has 3 heterocycles. The number of piperazine rings is 1. The van der Waals surface area contributed by atoms with Gasteiger partial charge >= 0.3 is 5.97 Å². The lowest BCUT2D eigenvalue weighted by atomic mass is 10.1. The van der Waals surface area contributed by atoms with Crippen LogP contribution in [0.15, 0.2) is 29.2 Å². The van der Waals surface area contributed by atoms with Gasteiger partial charge in [-0.25, -0.2) is 14.2 Å². The Hall–Kier alpha value is -3.04. The third-order valence-corrected chi connectivity index (χ3v) is 5.10. The van der Waals surface area contributed by atoms with Crippen LogP contribution >= 0.6 is 0 Å². The van der Waals surface area contributed by atoms with Crippen LogP contribution < -0.4 is 10.3 Å². The van der Waals surface area contributed by atoms with Gasteiger partial charge in [-0.15, -0.1) is 0 Å². The number of nitrogens with zero attached hydrogens (tertiary/aromatic N) is 4. The van der Waals surface area contributed by atoms with E-state index in [1.165, 1.54) is 17.3 Å². The number of hydroxylamine groups is 2. The monoisotopic (exact) mass is 400 g/mol. The third kappa shape index (κ3) is 3.43. The van der Waals surface area contributed by atoms with E-state index in [4.69, 9.17) is 4.74 Å². The van der Waals surface area contributed by atoms with Gasteiger partial charge in [-0.1, -0.05) is 0 Å². The van der Waals surface area contributed by atoms with Gasteiger partial charge in [0.05, 0.1) is 23.2 Å². The smallest absolute Gasteiger partial charge is 0.343 e. The predicted molar refractivity (Wildman–Crippen MR) is 106 cm³/mol. The van der Waals surface area contributed by atoms with Crippen molar-refractivity contribution in [1.82, 2.24) is 14.6 Å². The topological polar surface area (TPSA) is 87.9 Å². The molecule has 4 rings (SSSR count). The summed E-state index contributed by atoms with van der Waals surface area (Å²) in [4.78, 5) is 31.3. The number of hydrogen-bond donors (Lipinski definition) is 1. The molecular formula is C20H21FN4O4. The quantitative estimate of drug-likeness (QED) is 0.531. The van der Waals surface area contributed by atoms with E-state index in [1.807, 2.05) is 4.90 Å². The summed E-state index contributed by atoms with van der Waals surface area (Å²) < 4.78 is 21.3. The van der Waals surface area contributed by atoms with Gasteiger partial charge < -0.3 is 19.4 Å². The number of esters is 1. The minimum atomic E-state index is -0.695. The van der Waals surface area contributed by atoms with Crippen LogP contribution in [-0.4, -0.2) is 58.6 Å². The number of aromatic nitrogens is 2. The number of anilines is 1. The Balaban J connectivity index is 1.86. The second kappa shape index (κ2) is 7.41. The average molecular weight is 400 g/mol. The van der Waals surface area contributed by atoms with Crippen LogP contribution in [0.25, 0.3) is 21.9 Å². The maximum Gasteiger partial charge on any atom is 0.343 e. The van der Waals surface area contributed by atoms with Crippen molar-refractivity contribution in [3.63, 3.8) is 0 Å². The average Bonchev–Trinajstić information content (AvgIpc) is 2.70. The molecule has 29 heavy (non-hydrogen) atoms. The first-order chi connectivity index (χ1) is 13.9. The van der Waals surface area contributed by atoms with Crippen molar-refractivity contribution >= 4 is 33.6 Å². The van der Waals surface area contributed by atoms with Crippen LogP contribution in [0.4, 0.5) is 10.1 Å². The molecule has 1 saturated heterocycles. The summed E-state index contributed by atoms with van der Waals surface area (Å²) in [6.45, 7) is 3.66. The second-order valence-corrected chi connectivity index (χ2v) is 7.00. The van der Waals surface area contributed by atoms with E-state index in [0.29, 0.717) is 48.4 Å². The van der Waals surface area contributed by atoms with Gasteiger partial charge in [0, 0.05) is 44.8 Å². The molecule has 152 valence electrons. The van der Waals surface area contributed by atoms with Crippen LogP contribution in [0.2, 0.25) is 0 Å². The Morgan fingerprint density at radius 3 is 2.66 bits per heavy atom. The molecule has 0 atom stereocenters. The highest BCUT2D eigenvalue weighted by atomic mass is 19.1.